The van der Waals surface area contributed by atoms with E-state index >= 15 is 0 Å². The van der Waals surface area contributed by atoms with Gasteiger partial charge in [-0.2, -0.15) is 0 Å². The van der Waals surface area contributed by atoms with Crippen molar-refractivity contribution in [1.29, 1.82) is 0 Å². The minimum atomic E-state index is -0.554. The van der Waals surface area contributed by atoms with Gasteiger partial charge in [0, 0.05) is 30.3 Å². The van der Waals surface area contributed by atoms with Crippen LogP contribution < -0.4 is 5.48 Å². The highest BCUT2D eigenvalue weighted by molar-refractivity contribution is 5.93. The van der Waals surface area contributed by atoms with Crippen LogP contribution in [0.3, 0.4) is 0 Å². The molecular weight excluding hydrogens is 382 g/mol. The van der Waals surface area contributed by atoms with Gasteiger partial charge in [0.25, 0.3) is 5.91 Å². The minimum Gasteiger partial charge on any atom is -0.395 e. The highest BCUT2D eigenvalue weighted by atomic mass is 16.5. The van der Waals surface area contributed by atoms with Gasteiger partial charge >= 0.3 is 0 Å². The lowest BCUT2D eigenvalue weighted by Gasteiger charge is -2.22. The molecular formula is C22H25N5O3. The van der Waals surface area contributed by atoms with E-state index in [4.69, 9.17) is 5.21 Å². The highest BCUT2D eigenvalue weighted by Crippen LogP contribution is 2.28. The van der Waals surface area contributed by atoms with Crippen molar-refractivity contribution in [3.8, 4) is 11.3 Å². The third kappa shape index (κ3) is 4.40. The number of likely N-dealkylation sites (tertiary alicyclic amines) is 1. The molecule has 0 radical (unpaired) electrons. The lowest BCUT2D eigenvalue weighted by Crippen LogP contribution is -2.34. The predicted octanol–water partition coefficient (Wildman–Crippen LogP) is 1.91. The Bertz CT molecular complexity index is 974. The summed E-state index contributed by atoms with van der Waals surface area (Å²) in [6, 6.07) is 17.4. The average Bonchev–Trinajstić information content (AvgIpc) is 3.45. The van der Waals surface area contributed by atoms with E-state index < -0.39 is 5.91 Å². The van der Waals surface area contributed by atoms with E-state index in [0.717, 1.165) is 31.5 Å². The van der Waals surface area contributed by atoms with Gasteiger partial charge in [-0.25, -0.2) is 10.2 Å². The maximum atomic E-state index is 11.5. The largest absolute Gasteiger partial charge is 0.395 e. The zero-order valence-electron chi connectivity index (χ0n) is 16.6. The first kappa shape index (κ1) is 20.2. The molecule has 2 heterocycles. The Morgan fingerprint density at radius 1 is 1.13 bits per heavy atom. The third-order valence-corrected chi connectivity index (χ3v) is 5.68. The Labute approximate surface area is 174 Å². The Kier molecular flexibility index (Phi) is 6.18. The number of benzene rings is 2. The SMILES string of the molecule is O=C(NO)c1ccc(-c2cn([C@@H]3C[C@H](CO)N(CCc4ccccc4)C3)nn2)cc1. The highest BCUT2D eigenvalue weighted by Gasteiger charge is 2.33. The molecule has 1 aliphatic heterocycles. The summed E-state index contributed by atoms with van der Waals surface area (Å²) in [5, 5.41) is 27.1. The Balaban J connectivity index is 1.42. The van der Waals surface area contributed by atoms with Crippen LogP contribution in [0.1, 0.15) is 28.4 Å². The van der Waals surface area contributed by atoms with E-state index in [2.05, 4.69) is 27.3 Å². The molecule has 1 aliphatic rings. The third-order valence-electron chi connectivity index (χ3n) is 5.68. The van der Waals surface area contributed by atoms with Crippen LogP contribution >= 0.6 is 0 Å². The van der Waals surface area contributed by atoms with Crippen LogP contribution in [0.2, 0.25) is 0 Å². The van der Waals surface area contributed by atoms with Crippen molar-refractivity contribution in [3.63, 3.8) is 0 Å². The molecule has 30 heavy (non-hydrogen) atoms. The van der Waals surface area contributed by atoms with Crippen molar-refractivity contribution in [3.05, 3.63) is 71.9 Å². The average molecular weight is 407 g/mol. The number of carbonyl (C=O) groups excluding carboxylic acids is 1. The number of hydrogen-bond donors (Lipinski definition) is 3. The van der Waals surface area contributed by atoms with Gasteiger partial charge in [-0.15, -0.1) is 5.10 Å². The number of aliphatic hydroxyl groups is 1. The van der Waals surface area contributed by atoms with E-state index in [1.165, 1.54) is 5.56 Å². The van der Waals surface area contributed by atoms with Crippen LogP contribution in [0, 0.1) is 0 Å². The number of carbonyl (C=O) groups is 1. The zero-order valence-corrected chi connectivity index (χ0v) is 16.6. The normalized spacial score (nSPS) is 19.1. The second-order valence-electron chi connectivity index (χ2n) is 7.56. The quantitative estimate of drug-likeness (QED) is 0.408. The molecule has 0 saturated carbocycles. The van der Waals surface area contributed by atoms with Crippen molar-refractivity contribution in [2.75, 3.05) is 19.7 Å². The van der Waals surface area contributed by atoms with Crippen LogP contribution in [0.25, 0.3) is 11.3 Å². The van der Waals surface area contributed by atoms with Crippen LogP contribution in [0.5, 0.6) is 0 Å². The molecule has 1 amide bonds. The molecule has 1 fully saturated rings. The number of amides is 1. The number of nitrogens with zero attached hydrogens (tertiary/aromatic N) is 4. The van der Waals surface area contributed by atoms with Crippen molar-refractivity contribution < 1.29 is 15.1 Å². The van der Waals surface area contributed by atoms with Gasteiger partial charge < -0.3 is 5.11 Å². The van der Waals surface area contributed by atoms with Crippen molar-refractivity contribution in [1.82, 2.24) is 25.4 Å². The molecule has 2 aromatic carbocycles. The number of aromatic nitrogens is 3. The summed E-state index contributed by atoms with van der Waals surface area (Å²) in [6.07, 6.45) is 3.67. The number of rotatable bonds is 7. The topological polar surface area (TPSA) is 104 Å². The standard InChI is InChI=1S/C22H25N5O3/c28-15-20-12-19(13-26(20)11-10-16-4-2-1-3-5-16)27-14-21(23-25-27)17-6-8-18(9-7-17)22(29)24-30/h1-9,14,19-20,28,30H,10-13,15H2,(H,24,29)/t19-,20-/m1/s1. The Hall–Kier alpha value is -3.07. The smallest absolute Gasteiger partial charge is 0.274 e. The fourth-order valence-electron chi connectivity index (χ4n) is 3.97. The van der Waals surface area contributed by atoms with E-state index in [-0.39, 0.29) is 18.7 Å². The number of aliphatic hydroxyl groups excluding tert-OH is 1. The van der Waals surface area contributed by atoms with Crippen molar-refractivity contribution >= 4 is 5.91 Å². The second-order valence-corrected chi connectivity index (χ2v) is 7.56. The van der Waals surface area contributed by atoms with Crippen LogP contribution in [0.15, 0.2) is 60.8 Å². The van der Waals surface area contributed by atoms with Gasteiger partial charge in [0.1, 0.15) is 5.69 Å². The molecule has 0 unspecified atom stereocenters. The molecule has 0 spiro atoms. The number of hydrogen-bond acceptors (Lipinski definition) is 6. The summed E-state index contributed by atoms with van der Waals surface area (Å²) in [5.74, 6) is -0.554. The molecule has 3 N–H and O–H groups in total. The molecule has 1 saturated heterocycles. The van der Waals surface area contributed by atoms with Crippen molar-refractivity contribution in [2.45, 2.75) is 24.9 Å². The number of hydroxylamine groups is 1. The summed E-state index contributed by atoms with van der Waals surface area (Å²) in [5.41, 5.74) is 4.83. The van der Waals surface area contributed by atoms with E-state index in [1.807, 2.05) is 29.1 Å². The monoisotopic (exact) mass is 407 g/mol. The fraction of sp³-hybridized carbons (Fsp3) is 0.318. The Morgan fingerprint density at radius 2 is 1.90 bits per heavy atom. The van der Waals surface area contributed by atoms with Gasteiger partial charge in [-0.1, -0.05) is 47.7 Å². The lowest BCUT2D eigenvalue weighted by molar-refractivity contribution is 0.0706. The lowest BCUT2D eigenvalue weighted by atomic mass is 10.1. The van der Waals surface area contributed by atoms with Gasteiger partial charge in [0.2, 0.25) is 0 Å². The molecule has 8 nitrogen and oxygen atoms in total. The molecule has 2 atom stereocenters. The van der Waals surface area contributed by atoms with Crippen LogP contribution in [-0.2, 0) is 6.42 Å². The summed E-state index contributed by atoms with van der Waals surface area (Å²) >= 11 is 0. The zero-order chi connectivity index (χ0) is 20.9. The first-order valence-corrected chi connectivity index (χ1v) is 10.0. The van der Waals surface area contributed by atoms with Crippen LogP contribution in [0.4, 0.5) is 0 Å². The van der Waals surface area contributed by atoms with Crippen LogP contribution in [-0.4, -0.2) is 61.9 Å². The van der Waals surface area contributed by atoms with E-state index in [9.17, 15) is 9.90 Å². The van der Waals surface area contributed by atoms with Gasteiger partial charge in [-0.05, 0) is 30.5 Å². The van der Waals surface area contributed by atoms with Gasteiger partial charge in [0.05, 0.1) is 18.8 Å². The number of nitrogens with one attached hydrogen (secondary N) is 1. The van der Waals surface area contributed by atoms with E-state index in [0.29, 0.717) is 11.3 Å². The molecule has 8 heteroatoms. The molecule has 3 aromatic rings. The fourth-order valence-corrected chi connectivity index (χ4v) is 3.97. The molecule has 0 aliphatic carbocycles. The van der Waals surface area contributed by atoms with Gasteiger partial charge in [-0.3, -0.25) is 14.9 Å². The first-order valence-electron chi connectivity index (χ1n) is 10.0. The van der Waals surface area contributed by atoms with Crippen molar-refractivity contribution in [2.24, 2.45) is 0 Å². The van der Waals surface area contributed by atoms with Gasteiger partial charge in [0.15, 0.2) is 0 Å². The second kappa shape index (κ2) is 9.17. The minimum absolute atomic E-state index is 0.114. The maximum Gasteiger partial charge on any atom is 0.274 e. The summed E-state index contributed by atoms with van der Waals surface area (Å²) in [4.78, 5) is 13.8. The predicted molar refractivity (Wildman–Crippen MR) is 111 cm³/mol. The Morgan fingerprint density at radius 3 is 2.60 bits per heavy atom. The summed E-state index contributed by atoms with van der Waals surface area (Å²) in [7, 11) is 0. The summed E-state index contributed by atoms with van der Waals surface area (Å²) < 4.78 is 1.87. The first-order chi connectivity index (χ1) is 14.7. The summed E-state index contributed by atoms with van der Waals surface area (Å²) in [6.45, 7) is 1.83. The molecule has 1 aromatic heterocycles. The molecule has 4 rings (SSSR count). The molecule has 156 valence electrons. The maximum absolute atomic E-state index is 11.5. The van der Waals surface area contributed by atoms with E-state index in [1.54, 1.807) is 29.7 Å². The molecule has 0 bridgehead atoms.